The van der Waals surface area contributed by atoms with Gasteiger partial charge in [-0.25, -0.2) is 0 Å². The van der Waals surface area contributed by atoms with Crippen molar-refractivity contribution in [1.82, 2.24) is 5.32 Å². The highest BCUT2D eigenvalue weighted by Gasteiger charge is 2.40. The van der Waals surface area contributed by atoms with Gasteiger partial charge in [0.1, 0.15) is 0 Å². The van der Waals surface area contributed by atoms with Gasteiger partial charge in [0.25, 0.3) is 0 Å². The van der Waals surface area contributed by atoms with Gasteiger partial charge in [-0.3, -0.25) is 0 Å². The first-order valence-electron chi connectivity index (χ1n) is 4.76. The Morgan fingerprint density at radius 3 is 2.18 bits per heavy atom. The lowest BCUT2D eigenvalue weighted by molar-refractivity contribution is 0.436. The number of nitrogens with one attached hydrogen (secondary N) is 1. The van der Waals surface area contributed by atoms with Crippen LogP contribution in [0.3, 0.4) is 0 Å². The molecule has 11 heavy (non-hydrogen) atoms. The Balaban J connectivity index is 1.77. The standard InChI is InChI=1S/C10H17N/c1-2-7-11-10(8-3-4-8)9-5-6-9/h2,8-11H,1,3-7H2. The molecule has 2 aliphatic rings. The van der Waals surface area contributed by atoms with Gasteiger partial charge >= 0.3 is 0 Å². The lowest BCUT2D eigenvalue weighted by Crippen LogP contribution is -2.33. The molecule has 0 radical (unpaired) electrons. The third-order valence-electron chi connectivity index (χ3n) is 2.76. The van der Waals surface area contributed by atoms with Crippen molar-refractivity contribution >= 4 is 0 Å². The summed E-state index contributed by atoms with van der Waals surface area (Å²) in [5.74, 6) is 2.03. The number of hydrogen-bond acceptors (Lipinski definition) is 1. The van der Waals surface area contributed by atoms with Gasteiger partial charge in [-0.05, 0) is 37.5 Å². The molecule has 0 aromatic carbocycles. The summed E-state index contributed by atoms with van der Waals surface area (Å²) in [6.07, 6.45) is 7.82. The minimum Gasteiger partial charge on any atom is -0.310 e. The van der Waals surface area contributed by atoms with Crippen molar-refractivity contribution in [2.24, 2.45) is 11.8 Å². The zero-order chi connectivity index (χ0) is 7.68. The fourth-order valence-corrected chi connectivity index (χ4v) is 1.85. The first kappa shape index (κ1) is 7.35. The summed E-state index contributed by atoms with van der Waals surface area (Å²) in [5, 5.41) is 3.58. The SMILES string of the molecule is C=CCNC(C1CC1)C1CC1. The molecule has 0 saturated heterocycles. The average molecular weight is 151 g/mol. The van der Waals surface area contributed by atoms with Crippen LogP contribution in [-0.4, -0.2) is 12.6 Å². The molecule has 0 spiro atoms. The molecule has 0 aromatic heterocycles. The number of hydrogen-bond donors (Lipinski definition) is 1. The highest BCUT2D eigenvalue weighted by Crippen LogP contribution is 2.44. The maximum Gasteiger partial charge on any atom is 0.0135 e. The van der Waals surface area contributed by atoms with E-state index in [-0.39, 0.29) is 0 Å². The Morgan fingerprint density at radius 2 is 1.82 bits per heavy atom. The molecule has 0 atom stereocenters. The summed E-state index contributed by atoms with van der Waals surface area (Å²) in [7, 11) is 0. The molecular formula is C10H17N. The summed E-state index contributed by atoms with van der Waals surface area (Å²) in [5.41, 5.74) is 0. The summed E-state index contributed by atoms with van der Waals surface area (Å²) in [6.45, 7) is 4.73. The van der Waals surface area contributed by atoms with E-state index in [9.17, 15) is 0 Å². The molecule has 0 bridgehead atoms. The van der Waals surface area contributed by atoms with Crippen LogP contribution in [0.1, 0.15) is 25.7 Å². The third-order valence-corrected chi connectivity index (χ3v) is 2.76. The Kier molecular flexibility index (Phi) is 1.99. The van der Waals surface area contributed by atoms with E-state index in [1.807, 2.05) is 6.08 Å². The van der Waals surface area contributed by atoms with Crippen molar-refractivity contribution in [3.05, 3.63) is 12.7 Å². The summed E-state index contributed by atoms with van der Waals surface area (Å²) in [4.78, 5) is 0. The van der Waals surface area contributed by atoms with Crippen LogP contribution >= 0.6 is 0 Å². The summed E-state index contributed by atoms with van der Waals surface area (Å²) in [6, 6.07) is 0.841. The van der Waals surface area contributed by atoms with Gasteiger partial charge in [0.05, 0.1) is 0 Å². The molecule has 0 aromatic rings. The lowest BCUT2D eigenvalue weighted by Gasteiger charge is -2.15. The van der Waals surface area contributed by atoms with Crippen molar-refractivity contribution in [3.63, 3.8) is 0 Å². The summed E-state index contributed by atoms with van der Waals surface area (Å²) >= 11 is 0. The second-order valence-electron chi connectivity index (χ2n) is 3.90. The van der Waals surface area contributed by atoms with Crippen molar-refractivity contribution < 1.29 is 0 Å². The topological polar surface area (TPSA) is 12.0 Å². The van der Waals surface area contributed by atoms with Crippen molar-refractivity contribution in [2.75, 3.05) is 6.54 Å². The molecule has 1 heteroatoms. The van der Waals surface area contributed by atoms with Gasteiger partial charge in [0.2, 0.25) is 0 Å². The maximum atomic E-state index is 3.73. The second kappa shape index (κ2) is 2.98. The van der Waals surface area contributed by atoms with Crippen LogP contribution < -0.4 is 5.32 Å². The molecule has 2 aliphatic carbocycles. The quantitative estimate of drug-likeness (QED) is 0.592. The monoisotopic (exact) mass is 151 g/mol. The molecule has 2 rings (SSSR count). The van der Waals surface area contributed by atoms with E-state index in [0.29, 0.717) is 0 Å². The van der Waals surface area contributed by atoms with Crippen LogP contribution in [0.4, 0.5) is 0 Å². The van der Waals surface area contributed by atoms with Crippen molar-refractivity contribution in [1.29, 1.82) is 0 Å². The molecular weight excluding hydrogens is 134 g/mol. The van der Waals surface area contributed by atoms with Crippen molar-refractivity contribution in [3.8, 4) is 0 Å². The zero-order valence-corrected chi connectivity index (χ0v) is 7.05. The first-order chi connectivity index (χ1) is 5.42. The van der Waals surface area contributed by atoms with E-state index in [1.165, 1.54) is 25.7 Å². The van der Waals surface area contributed by atoms with Gasteiger partial charge in [0.15, 0.2) is 0 Å². The fraction of sp³-hybridized carbons (Fsp3) is 0.800. The van der Waals surface area contributed by atoms with E-state index in [0.717, 1.165) is 24.4 Å². The third kappa shape index (κ3) is 1.84. The Morgan fingerprint density at radius 1 is 1.27 bits per heavy atom. The van der Waals surface area contributed by atoms with Gasteiger partial charge in [-0.15, -0.1) is 6.58 Å². The number of rotatable bonds is 5. The lowest BCUT2D eigenvalue weighted by atomic mass is 10.1. The maximum absolute atomic E-state index is 3.73. The van der Waals surface area contributed by atoms with E-state index >= 15 is 0 Å². The van der Waals surface area contributed by atoms with Crippen LogP contribution in [0.5, 0.6) is 0 Å². The average Bonchev–Trinajstić information content (AvgIpc) is 2.85. The van der Waals surface area contributed by atoms with Gasteiger partial charge in [0, 0.05) is 12.6 Å². The fourth-order valence-electron chi connectivity index (χ4n) is 1.85. The Bertz CT molecular complexity index is 133. The highest BCUT2D eigenvalue weighted by atomic mass is 14.9. The van der Waals surface area contributed by atoms with E-state index in [1.54, 1.807) is 0 Å². The van der Waals surface area contributed by atoms with Gasteiger partial charge in [-0.2, -0.15) is 0 Å². The Hall–Kier alpha value is -0.300. The molecule has 1 N–H and O–H groups in total. The molecule has 0 aliphatic heterocycles. The van der Waals surface area contributed by atoms with E-state index in [4.69, 9.17) is 0 Å². The molecule has 0 unspecified atom stereocenters. The normalized spacial score (nSPS) is 24.1. The summed E-state index contributed by atoms with van der Waals surface area (Å²) < 4.78 is 0. The molecule has 2 saturated carbocycles. The second-order valence-corrected chi connectivity index (χ2v) is 3.90. The predicted octanol–water partition coefficient (Wildman–Crippen LogP) is 1.95. The minimum atomic E-state index is 0.841. The predicted molar refractivity (Wildman–Crippen MR) is 47.4 cm³/mol. The molecule has 2 fully saturated rings. The van der Waals surface area contributed by atoms with Gasteiger partial charge in [-0.1, -0.05) is 6.08 Å². The van der Waals surface area contributed by atoms with Crippen LogP contribution in [0.2, 0.25) is 0 Å². The van der Waals surface area contributed by atoms with Crippen LogP contribution in [0.25, 0.3) is 0 Å². The zero-order valence-electron chi connectivity index (χ0n) is 7.05. The molecule has 1 nitrogen and oxygen atoms in total. The molecule has 62 valence electrons. The highest BCUT2D eigenvalue weighted by molar-refractivity contribution is 4.97. The molecule has 0 heterocycles. The largest absolute Gasteiger partial charge is 0.310 e. The van der Waals surface area contributed by atoms with E-state index < -0.39 is 0 Å². The van der Waals surface area contributed by atoms with Crippen molar-refractivity contribution in [2.45, 2.75) is 31.7 Å². The van der Waals surface area contributed by atoms with Crippen LogP contribution in [0.15, 0.2) is 12.7 Å². The smallest absolute Gasteiger partial charge is 0.0135 e. The van der Waals surface area contributed by atoms with Gasteiger partial charge < -0.3 is 5.32 Å². The van der Waals surface area contributed by atoms with Crippen LogP contribution in [-0.2, 0) is 0 Å². The minimum absolute atomic E-state index is 0.841. The Labute approximate surface area is 68.9 Å². The van der Waals surface area contributed by atoms with Crippen LogP contribution in [0, 0.1) is 11.8 Å². The first-order valence-corrected chi connectivity index (χ1v) is 4.76. The van der Waals surface area contributed by atoms with E-state index in [2.05, 4.69) is 11.9 Å². The molecule has 0 amide bonds.